The van der Waals surface area contributed by atoms with Crippen molar-refractivity contribution in [3.63, 3.8) is 0 Å². The highest BCUT2D eigenvalue weighted by Gasteiger charge is 2.06. The summed E-state index contributed by atoms with van der Waals surface area (Å²) in [5.74, 6) is -0.335. The highest BCUT2D eigenvalue weighted by Crippen LogP contribution is 2.19. The van der Waals surface area contributed by atoms with Crippen molar-refractivity contribution in [3.05, 3.63) is 76.7 Å². The maximum atomic E-state index is 12.0. The molecule has 0 saturated heterocycles. The van der Waals surface area contributed by atoms with E-state index in [0.717, 1.165) is 10.8 Å². The number of carbonyl (C=O) groups excluding carboxylic acids is 1. The average Bonchev–Trinajstić information content (AvgIpc) is 2.47. The predicted octanol–water partition coefficient (Wildman–Crippen LogP) is 2.78. The molecule has 20 heavy (non-hydrogen) atoms. The highest BCUT2D eigenvalue weighted by molar-refractivity contribution is 6.03. The molecule has 2 aromatic carbocycles. The van der Waals surface area contributed by atoms with Crippen LogP contribution in [0.25, 0.3) is 10.8 Å². The zero-order chi connectivity index (χ0) is 13.9. The number of hydrogen-bond donors (Lipinski definition) is 2. The molecule has 1 heterocycles. The summed E-state index contributed by atoms with van der Waals surface area (Å²) in [6, 6.07) is 18.1. The minimum absolute atomic E-state index is 0.241. The first-order valence-electron chi connectivity index (χ1n) is 6.22. The van der Waals surface area contributed by atoms with Gasteiger partial charge in [-0.3, -0.25) is 9.59 Å². The maximum absolute atomic E-state index is 12.0. The lowest BCUT2D eigenvalue weighted by Crippen LogP contribution is -2.17. The Kier molecular flexibility index (Phi) is 3.05. The van der Waals surface area contributed by atoms with Gasteiger partial charge in [-0.2, -0.15) is 0 Å². The summed E-state index contributed by atoms with van der Waals surface area (Å²) >= 11 is 0. The van der Waals surface area contributed by atoms with Gasteiger partial charge in [-0.15, -0.1) is 0 Å². The van der Waals surface area contributed by atoms with E-state index in [2.05, 4.69) is 10.3 Å². The monoisotopic (exact) mass is 264 g/mol. The zero-order valence-electron chi connectivity index (χ0n) is 10.6. The molecule has 98 valence electrons. The molecule has 0 saturated carbocycles. The lowest BCUT2D eigenvalue weighted by atomic mass is 10.1. The van der Waals surface area contributed by atoms with Crippen LogP contribution >= 0.6 is 0 Å². The Hall–Kier alpha value is -2.88. The lowest BCUT2D eigenvalue weighted by molar-refractivity contribution is 0.102. The number of aromatic nitrogens is 1. The van der Waals surface area contributed by atoms with Crippen LogP contribution in [-0.2, 0) is 0 Å². The first-order valence-corrected chi connectivity index (χ1v) is 6.22. The van der Waals surface area contributed by atoms with E-state index in [4.69, 9.17) is 0 Å². The molecule has 0 unspecified atom stereocenters. The molecule has 4 nitrogen and oxygen atoms in total. The second-order valence-electron chi connectivity index (χ2n) is 4.44. The Morgan fingerprint density at radius 2 is 1.70 bits per heavy atom. The number of carbonyl (C=O) groups is 1. The van der Waals surface area contributed by atoms with Crippen molar-refractivity contribution in [1.29, 1.82) is 0 Å². The van der Waals surface area contributed by atoms with Gasteiger partial charge in [-0.25, -0.2) is 0 Å². The summed E-state index contributed by atoms with van der Waals surface area (Å²) in [5, 5.41) is 4.93. The van der Waals surface area contributed by atoms with Crippen LogP contribution in [0.1, 0.15) is 10.5 Å². The molecule has 0 aliphatic heterocycles. The van der Waals surface area contributed by atoms with Crippen LogP contribution in [0.4, 0.5) is 5.69 Å². The quantitative estimate of drug-likeness (QED) is 0.747. The van der Waals surface area contributed by atoms with Gasteiger partial charge in [0.25, 0.3) is 5.91 Å². The first kappa shape index (κ1) is 12.2. The molecule has 4 heteroatoms. The molecule has 0 atom stereocenters. The number of nitrogens with one attached hydrogen (secondary N) is 2. The summed E-state index contributed by atoms with van der Waals surface area (Å²) in [4.78, 5) is 25.7. The number of aromatic amines is 1. The molecule has 0 spiro atoms. The Labute approximate surface area is 115 Å². The maximum Gasteiger partial charge on any atom is 0.272 e. The molecule has 0 aliphatic rings. The second-order valence-corrected chi connectivity index (χ2v) is 4.44. The van der Waals surface area contributed by atoms with Crippen molar-refractivity contribution in [2.75, 3.05) is 5.32 Å². The number of fused-ring (bicyclic) bond motifs is 1. The van der Waals surface area contributed by atoms with E-state index in [9.17, 15) is 9.59 Å². The molecule has 0 fully saturated rings. The Morgan fingerprint density at radius 3 is 2.50 bits per heavy atom. The van der Waals surface area contributed by atoms with Gasteiger partial charge in [0.15, 0.2) is 0 Å². The molecular formula is C16H12N2O2. The van der Waals surface area contributed by atoms with E-state index in [1.807, 2.05) is 42.5 Å². The van der Waals surface area contributed by atoms with Crippen LogP contribution in [0.2, 0.25) is 0 Å². The third kappa shape index (κ3) is 2.44. The number of amides is 1. The normalized spacial score (nSPS) is 10.4. The van der Waals surface area contributed by atoms with Crippen LogP contribution in [0.15, 0.2) is 65.5 Å². The van der Waals surface area contributed by atoms with Gasteiger partial charge in [0, 0.05) is 11.8 Å². The molecule has 3 aromatic rings. The number of pyridine rings is 1. The Bertz CT molecular complexity index is 837. The van der Waals surface area contributed by atoms with Gasteiger partial charge in [-0.1, -0.05) is 36.4 Å². The molecule has 1 aromatic heterocycles. The van der Waals surface area contributed by atoms with Crippen molar-refractivity contribution in [2.24, 2.45) is 0 Å². The minimum atomic E-state index is -0.335. The average molecular weight is 264 g/mol. The fourth-order valence-electron chi connectivity index (χ4n) is 2.05. The molecule has 0 aliphatic carbocycles. The van der Waals surface area contributed by atoms with Gasteiger partial charge in [0.1, 0.15) is 5.69 Å². The van der Waals surface area contributed by atoms with Crippen molar-refractivity contribution in [2.45, 2.75) is 0 Å². The van der Waals surface area contributed by atoms with Crippen LogP contribution in [0.5, 0.6) is 0 Å². The van der Waals surface area contributed by atoms with Gasteiger partial charge >= 0.3 is 0 Å². The fourth-order valence-corrected chi connectivity index (χ4v) is 2.05. The third-order valence-electron chi connectivity index (χ3n) is 3.02. The lowest BCUT2D eigenvalue weighted by Gasteiger charge is -2.06. The van der Waals surface area contributed by atoms with E-state index < -0.39 is 0 Å². The van der Waals surface area contributed by atoms with Crippen LogP contribution in [-0.4, -0.2) is 10.9 Å². The molecule has 1 amide bonds. The Balaban J connectivity index is 1.89. The summed E-state index contributed by atoms with van der Waals surface area (Å²) in [5.41, 5.74) is 0.639. The van der Waals surface area contributed by atoms with E-state index in [1.165, 1.54) is 6.07 Å². The summed E-state index contributed by atoms with van der Waals surface area (Å²) in [6.07, 6.45) is 0. The Morgan fingerprint density at radius 1 is 0.900 bits per heavy atom. The van der Waals surface area contributed by atoms with Crippen molar-refractivity contribution >= 4 is 22.4 Å². The zero-order valence-corrected chi connectivity index (χ0v) is 10.6. The van der Waals surface area contributed by atoms with Crippen LogP contribution < -0.4 is 10.9 Å². The fraction of sp³-hybridized carbons (Fsp3) is 0. The summed E-state index contributed by atoms with van der Waals surface area (Å²) < 4.78 is 0. The van der Waals surface area contributed by atoms with E-state index in [0.29, 0.717) is 5.69 Å². The van der Waals surface area contributed by atoms with Gasteiger partial charge in [0.05, 0.1) is 0 Å². The molecule has 2 N–H and O–H groups in total. The number of H-pyrrole nitrogens is 1. The van der Waals surface area contributed by atoms with Gasteiger partial charge < -0.3 is 10.3 Å². The van der Waals surface area contributed by atoms with Crippen molar-refractivity contribution < 1.29 is 4.79 Å². The number of anilines is 1. The molecule has 0 bridgehead atoms. The standard InChI is InChI=1S/C16H12N2O2/c19-15-7-3-6-14(18-15)16(20)17-13-9-8-11-4-1-2-5-12(11)10-13/h1-10H,(H,17,20)(H,18,19). The van der Waals surface area contributed by atoms with Crippen molar-refractivity contribution in [1.82, 2.24) is 4.98 Å². The summed E-state index contributed by atoms with van der Waals surface area (Å²) in [7, 11) is 0. The molecule has 0 radical (unpaired) electrons. The van der Waals surface area contributed by atoms with E-state index >= 15 is 0 Å². The van der Waals surface area contributed by atoms with Crippen LogP contribution in [0, 0.1) is 0 Å². The third-order valence-corrected chi connectivity index (χ3v) is 3.02. The van der Waals surface area contributed by atoms with Crippen LogP contribution in [0.3, 0.4) is 0 Å². The summed E-state index contributed by atoms with van der Waals surface area (Å²) in [6.45, 7) is 0. The van der Waals surface area contributed by atoms with Gasteiger partial charge in [0.2, 0.25) is 5.56 Å². The number of rotatable bonds is 2. The van der Waals surface area contributed by atoms with E-state index in [1.54, 1.807) is 12.1 Å². The number of hydrogen-bond acceptors (Lipinski definition) is 2. The smallest absolute Gasteiger partial charge is 0.272 e. The van der Waals surface area contributed by atoms with E-state index in [-0.39, 0.29) is 17.2 Å². The minimum Gasteiger partial charge on any atom is -0.321 e. The molecule has 3 rings (SSSR count). The second kappa shape index (κ2) is 5.01. The topological polar surface area (TPSA) is 62.0 Å². The first-order chi connectivity index (χ1) is 9.72. The molecular weight excluding hydrogens is 252 g/mol. The van der Waals surface area contributed by atoms with Crippen molar-refractivity contribution in [3.8, 4) is 0 Å². The number of benzene rings is 2. The SMILES string of the molecule is O=C(Nc1ccc2ccccc2c1)c1cccc(=O)[nH]1. The predicted molar refractivity (Wildman–Crippen MR) is 79.0 cm³/mol. The highest BCUT2D eigenvalue weighted by atomic mass is 16.2. The largest absolute Gasteiger partial charge is 0.321 e. The van der Waals surface area contributed by atoms with Gasteiger partial charge in [-0.05, 0) is 29.0 Å².